The molecule has 1 aliphatic rings. The smallest absolute Gasteiger partial charge is 0.222 e. The molecule has 2 rings (SSSR count). The van der Waals surface area contributed by atoms with Crippen molar-refractivity contribution in [1.29, 1.82) is 0 Å². The van der Waals surface area contributed by atoms with Crippen LogP contribution in [0.1, 0.15) is 24.0 Å². The second-order valence-corrected chi connectivity index (χ2v) is 5.22. The van der Waals surface area contributed by atoms with Crippen molar-refractivity contribution < 1.29 is 4.79 Å². The summed E-state index contributed by atoms with van der Waals surface area (Å²) in [6, 6.07) is 8.41. The molecule has 1 amide bonds. The molecule has 1 aromatic carbocycles. The van der Waals surface area contributed by atoms with Crippen molar-refractivity contribution in [3.8, 4) is 0 Å². The Bertz CT molecular complexity index is 399. The minimum atomic E-state index is 0.270. The molecule has 0 spiro atoms. The number of carbonyl (C=O) groups is 1. The Morgan fingerprint density at radius 2 is 2.11 bits per heavy atom. The molecule has 1 atom stereocenters. The zero-order valence-corrected chi connectivity index (χ0v) is 11.1. The molecule has 18 heavy (non-hydrogen) atoms. The van der Waals surface area contributed by atoms with Crippen molar-refractivity contribution in [3.63, 3.8) is 0 Å². The lowest BCUT2D eigenvalue weighted by Gasteiger charge is -2.16. The van der Waals surface area contributed by atoms with Crippen LogP contribution < -0.4 is 5.73 Å². The molecule has 3 heteroatoms. The Hall–Kier alpha value is -1.35. The predicted octanol–water partition coefficient (Wildman–Crippen LogP) is 1.73. The van der Waals surface area contributed by atoms with Gasteiger partial charge in [0.1, 0.15) is 0 Å². The van der Waals surface area contributed by atoms with Crippen LogP contribution in [0, 0.1) is 12.8 Å². The predicted molar refractivity (Wildman–Crippen MR) is 73.2 cm³/mol. The van der Waals surface area contributed by atoms with Crippen molar-refractivity contribution in [2.45, 2.75) is 26.2 Å². The highest BCUT2D eigenvalue weighted by Gasteiger charge is 2.24. The van der Waals surface area contributed by atoms with Crippen LogP contribution in [-0.4, -0.2) is 30.4 Å². The highest BCUT2D eigenvalue weighted by atomic mass is 16.2. The molecule has 1 saturated heterocycles. The second kappa shape index (κ2) is 6.01. The van der Waals surface area contributed by atoms with Gasteiger partial charge in [-0.05, 0) is 37.8 Å². The summed E-state index contributed by atoms with van der Waals surface area (Å²) in [7, 11) is 0. The number of amides is 1. The number of carbonyl (C=O) groups excluding carboxylic acids is 1. The molecular weight excluding hydrogens is 224 g/mol. The fourth-order valence-corrected chi connectivity index (χ4v) is 2.42. The maximum atomic E-state index is 12.0. The van der Waals surface area contributed by atoms with E-state index < -0.39 is 0 Å². The van der Waals surface area contributed by atoms with E-state index >= 15 is 0 Å². The zero-order valence-electron chi connectivity index (χ0n) is 11.1. The Balaban J connectivity index is 1.80. The van der Waals surface area contributed by atoms with Gasteiger partial charge in [0, 0.05) is 19.5 Å². The molecule has 0 aliphatic carbocycles. The van der Waals surface area contributed by atoms with E-state index in [1.165, 1.54) is 11.1 Å². The topological polar surface area (TPSA) is 46.3 Å². The molecule has 98 valence electrons. The summed E-state index contributed by atoms with van der Waals surface area (Å²) in [6.45, 7) is 4.51. The molecule has 0 bridgehead atoms. The molecule has 1 unspecified atom stereocenters. The van der Waals surface area contributed by atoms with Gasteiger partial charge in [-0.15, -0.1) is 0 Å². The Morgan fingerprint density at radius 3 is 2.72 bits per heavy atom. The number of aryl methyl sites for hydroxylation is 2. The van der Waals surface area contributed by atoms with E-state index in [9.17, 15) is 4.79 Å². The largest absolute Gasteiger partial charge is 0.342 e. The summed E-state index contributed by atoms with van der Waals surface area (Å²) in [4.78, 5) is 14.0. The van der Waals surface area contributed by atoms with Crippen molar-refractivity contribution in [2.75, 3.05) is 19.6 Å². The number of hydrogen-bond acceptors (Lipinski definition) is 2. The summed E-state index contributed by atoms with van der Waals surface area (Å²) in [5.41, 5.74) is 8.14. The number of nitrogens with zero attached hydrogens (tertiary/aromatic N) is 1. The van der Waals surface area contributed by atoms with E-state index in [0.29, 0.717) is 18.9 Å². The standard InChI is InChI=1S/C15H22N2O/c1-12-2-4-13(5-3-12)6-7-15(18)17-9-8-14(10-16)11-17/h2-5,14H,6-11,16H2,1H3. The third kappa shape index (κ3) is 3.33. The maximum absolute atomic E-state index is 12.0. The number of benzene rings is 1. The zero-order chi connectivity index (χ0) is 13.0. The van der Waals surface area contributed by atoms with Crippen molar-refractivity contribution >= 4 is 5.91 Å². The van der Waals surface area contributed by atoms with E-state index in [-0.39, 0.29) is 5.91 Å². The molecule has 1 aliphatic heterocycles. The van der Waals surface area contributed by atoms with Crippen molar-refractivity contribution in [1.82, 2.24) is 4.90 Å². The number of hydrogen-bond donors (Lipinski definition) is 1. The van der Waals surface area contributed by atoms with E-state index in [0.717, 1.165) is 25.9 Å². The van der Waals surface area contributed by atoms with Crippen LogP contribution in [0.4, 0.5) is 0 Å². The number of rotatable bonds is 4. The Morgan fingerprint density at radius 1 is 1.39 bits per heavy atom. The van der Waals surface area contributed by atoms with Gasteiger partial charge >= 0.3 is 0 Å². The average molecular weight is 246 g/mol. The lowest BCUT2D eigenvalue weighted by molar-refractivity contribution is -0.130. The minimum absolute atomic E-state index is 0.270. The fraction of sp³-hybridized carbons (Fsp3) is 0.533. The molecule has 3 nitrogen and oxygen atoms in total. The normalized spacial score (nSPS) is 19.2. The van der Waals surface area contributed by atoms with E-state index in [1.54, 1.807) is 0 Å². The highest BCUT2D eigenvalue weighted by molar-refractivity contribution is 5.76. The molecule has 0 aromatic heterocycles. The third-order valence-electron chi connectivity index (χ3n) is 3.72. The summed E-state index contributed by atoms with van der Waals surface area (Å²) in [6.07, 6.45) is 2.51. The first kappa shape index (κ1) is 13.1. The van der Waals surface area contributed by atoms with Crippen LogP contribution in [0.5, 0.6) is 0 Å². The molecule has 1 aromatic rings. The van der Waals surface area contributed by atoms with Gasteiger partial charge in [-0.25, -0.2) is 0 Å². The monoisotopic (exact) mass is 246 g/mol. The van der Waals surface area contributed by atoms with Crippen LogP contribution in [0.25, 0.3) is 0 Å². The van der Waals surface area contributed by atoms with Gasteiger partial charge in [0.25, 0.3) is 0 Å². The van der Waals surface area contributed by atoms with Gasteiger partial charge < -0.3 is 10.6 Å². The lowest BCUT2D eigenvalue weighted by Crippen LogP contribution is -2.29. The van der Waals surface area contributed by atoms with Crippen molar-refractivity contribution in [3.05, 3.63) is 35.4 Å². The first-order chi connectivity index (χ1) is 8.69. The summed E-state index contributed by atoms with van der Waals surface area (Å²) < 4.78 is 0. The number of nitrogens with two attached hydrogens (primary N) is 1. The van der Waals surface area contributed by atoms with Crippen LogP contribution in [-0.2, 0) is 11.2 Å². The molecule has 1 fully saturated rings. The van der Waals surface area contributed by atoms with Crippen LogP contribution in [0.15, 0.2) is 24.3 Å². The lowest BCUT2D eigenvalue weighted by atomic mass is 10.1. The fourth-order valence-electron chi connectivity index (χ4n) is 2.42. The summed E-state index contributed by atoms with van der Waals surface area (Å²) >= 11 is 0. The summed E-state index contributed by atoms with van der Waals surface area (Å²) in [5.74, 6) is 0.778. The van der Waals surface area contributed by atoms with Gasteiger partial charge in [0.05, 0.1) is 0 Å². The maximum Gasteiger partial charge on any atom is 0.222 e. The average Bonchev–Trinajstić information content (AvgIpc) is 2.86. The van der Waals surface area contributed by atoms with Crippen molar-refractivity contribution in [2.24, 2.45) is 11.7 Å². The molecule has 1 heterocycles. The first-order valence-corrected chi connectivity index (χ1v) is 6.72. The van der Waals surface area contributed by atoms with Crippen LogP contribution in [0.2, 0.25) is 0 Å². The Labute approximate surface area is 109 Å². The van der Waals surface area contributed by atoms with Gasteiger partial charge in [-0.1, -0.05) is 29.8 Å². The second-order valence-electron chi connectivity index (χ2n) is 5.22. The number of likely N-dealkylation sites (tertiary alicyclic amines) is 1. The van der Waals surface area contributed by atoms with E-state index in [2.05, 4.69) is 31.2 Å². The molecular formula is C15H22N2O. The van der Waals surface area contributed by atoms with Gasteiger partial charge in [-0.3, -0.25) is 4.79 Å². The van der Waals surface area contributed by atoms with E-state index in [1.807, 2.05) is 4.90 Å². The SMILES string of the molecule is Cc1ccc(CCC(=O)N2CCC(CN)C2)cc1. The first-order valence-electron chi connectivity index (χ1n) is 6.72. The minimum Gasteiger partial charge on any atom is -0.342 e. The quantitative estimate of drug-likeness (QED) is 0.879. The molecule has 0 saturated carbocycles. The van der Waals surface area contributed by atoms with E-state index in [4.69, 9.17) is 5.73 Å². The van der Waals surface area contributed by atoms with Gasteiger partial charge in [0.15, 0.2) is 0 Å². The van der Waals surface area contributed by atoms with Crippen LogP contribution >= 0.6 is 0 Å². The van der Waals surface area contributed by atoms with Crippen LogP contribution in [0.3, 0.4) is 0 Å². The summed E-state index contributed by atoms with van der Waals surface area (Å²) in [5, 5.41) is 0. The third-order valence-corrected chi connectivity index (χ3v) is 3.72. The van der Waals surface area contributed by atoms with Gasteiger partial charge in [-0.2, -0.15) is 0 Å². The molecule has 2 N–H and O–H groups in total. The van der Waals surface area contributed by atoms with Gasteiger partial charge in [0.2, 0.25) is 5.91 Å². The Kier molecular flexibility index (Phi) is 4.37. The molecule has 0 radical (unpaired) electrons. The highest BCUT2D eigenvalue weighted by Crippen LogP contribution is 2.16.